The van der Waals surface area contributed by atoms with Crippen molar-refractivity contribution in [1.29, 1.82) is 0 Å². The van der Waals surface area contributed by atoms with Crippen LogP contribution in [0.4, 0.5) is 14.9 Å². The zero-order valence-electron chi connectivity index (χ0n) is 14.9. The van der Waals surface area contributed by atoms with Crippen molar-refractivity contribution in [3.05, 3.63) is 66.2 Å². The van der Waals surface area contributed by atoms with Gasteiger partial charge in [0.2, 0.25) is 0 Å². The molecule has 27 heavy (non-hydrogen) atoms. The van der Waals surface area contributed by atoms with E-state index in [0.717, 1.165) is 16.8 Å². The summed E-state index contributed by atoms with van der Waals surface area (Å²) in [6.07, 6.45) is 3.58. The van der Waals surface area contributed by atoms with E-state index in [4.69, 9.17) is 4.74 Å². The molecule has 2 aromatic carbocycles. The van der Waals surface area contributed by atoms with Gasteiger partial charge in [-0.3, -0.25) is 10.00 Å². The van der Waals surface area contributed by atoms with Gasteiger partial charge in [0.05, 0.1) is 19.9 Å². The lowest BCUT2D eigenvalue weighted by atomic mass is 10.1. The number of rotatable bonds is 5. The van der Waals surface area contributed by atoms with Crippen molar-refractivity contribution in [3.8, 4) is 16.9 Å². The van der Waals surface area contributed by atoms with Crippen LogP contribution in [0.3, 0.4) is 0 Å². The maximum Gasteiger partial charge on any atom is 0.324 e. The number of aromatic amines is 1. The largest absolute Gasteiger partial charge is 0.496 e. The molecule has 1 N–H and O–H groups in total. The van der Waals surface area contributed by atoms with Crippen LogP contribution in [0.5, 0.6) is 5.75 Å². The Balaban J connectivity index is 1.50. The first-order valence-corrected chi connectivity index (χ1v) is 8.64. The predicted octanol–water partition coefficient (Wildman–Crippen LogP) is 3.67. The molecule has 2 amide bonds. The number of anilines is 1. The fourth-order valence-corrected chi connectivity index (χ4v) is 3.29. The molecule has 1 aliphatic rings. The number of aromatic nitrogens is 2. The molecule has 0 spiro atoms. The summed E-state index contributed by atoms with van der Waals surface area (Å²) in [7, 11) is 1.54. The second-order valence-electron chi connectivity index (χ2n) is 6.35. The van der Waals surface area contributed by atoms with Gasteiger partial charge in [0.25, 0.3) is 0 Å². The summed E-state index contributed by atoms with van der Waals surface area (Å²) in [6, 6.07) is 12.0. The Morgan fingerprint density at radius 1 is 1.15 bits per heavy atom. The van der Waals surface area contributed by atoms with Crippen molar-refractivity contribution in [2.75, 3.05) is 25.1 Å². The molecular formula is C20H19FN4O2. The standard InChI is InChI=1S/C20H19FN4O2/c1-27-19-7-4-17(21)10-15(19)13-24-8-9-25(20(24)26)18-5-2-14(3-6-18)16-11-22-23-12-16/h2-7,10-12H,8-9,13H2,1H3,(H,22,23). The quantitative estimate of drug-likeness (QED) is 0.749. The van der Waals surface area contributed by atoms with Crippen LogP contribution in [0.2, 0.25) is 0 Å². The third-order valence-electron chi connectivity index (χ3n) is 4.71. The van der Waals surface area contributed by atoms with Crippen LogP contribution in [-0.4, -0.2) is 41.3 Å². The van der Waals surface area contributed by atoms with Gasteiger partial charge in [-0.25, -0.2) is 9.18 Å². The number of halogens is 1. The molecule has 0 unspecified atom stereocenters. The Hall–Kier alpha value is -3.35. The smallest absolute Gasteiger partial charge is 0.324 e. The van der Waals surface area contributed by atoms with E-state index in [-0.39, 0.29) is 11.8 Å². The van der Waals surface area contributed by atoms with Gasteiger partial charge in [0.1, 0.15) is 11.6 Å². The van der Waals surface area contributed by atoms with E-state index in [9.17, 15) is 9.18 Å². The highest BCUT2D eigenvalue weighted by Crippen LogP contribution is 2.27. The minimum absolute atomic E-state index is 0.0997. The maximum atomic E-state index is 13.6. The summed E-state index contributed by atoms with van der Waals surface area (Å²) in [4.78, 5) is 16.2. The van der Waals surface area contributed by atoms with Gasteiger partial charge in [-0.15, -0.1) is 0 Å². The van der Waals surface area contributed by atoms with E-state index in [1.54, 1.807) is 22.1 Å². The number of urea groups is 1. The molecular weight excluding hydrogens is 347 g/mol. The van der Waals surface area contributed by atoms with E-state index in [0.29, 0.717) is 30.9 Å². The number of carbonyl (C=O) groups is 1. The highest BCUT2D eigenvalue weighted by atomic mass is 19.1. The summed E-state index contributed by atoms with van der Waals surface area (Å²) in [6.45, 7) is 1.47. The Morgan fingerprint density at radius 3 is 2.67 bits per heavy atom. The molecule has 1 saturated heterocycles. The molecule has 0 radical (unpaired) electrons. The van der Waals surface area contributed by atoms with Crippen LogP contribution in [0.1, 0.15) is 5.56 Å². The Morgan fingerprint density at radius 2 is 1.96 bits per heavy atom. The summed E-state index contributed by atoms with van der Waals surface area (Å²) in [5.41, 5.74) is 3.51. The van der Waals surface area contributed by atoms with E-state index in [1.807, 2.05) is 30.5 Å². The minimum atomic E-state index is -0.343. The number of H-pyrrole nitrogens is 1. The third-order valence-corrected chi connectivity index (χ3v) is 4.71. The monoisotopic (exact) mass is 366 g/mol. The number of amides is 2. The predicted molar refractivity (Wildman–Crippen MR) is 100 cm³/mol. The lowest BCUT2D eigenvalue weighted by Gasteiger charge is -2.20. The number of carbonyl (C=O) groups excluding carboxylic acids is 1. The lowest BCUT2D eigenvalue weighted by molar-refractivity contribution is 0.218. The molecule has 7 heteroatoms. The number of hydrogen-bond donors (Lipinski definition) is 1. The van der Waals surface area contributed by atoms with Gasteiger partial charge in [0.15, 0.2) is 0 Å². The SMILES string of the molecule is COc1ccc(F)cc1CN1CCN(c2ccc(-c3cn[nH]c3)cc2)C1=O. The molecule has 138 valence electrons. The molecule has 0 aliphatic carbocycles. The minimum Gasteiger partial charge on any atom is -0.496 e. The molecule has 1 aromatic heterocycles. The highest BCUT2D eigenvalue weighted by molar-refractivity contribution is 5.94. The van der Waals surface area contributed by atoms with Gasteiger partial charge in [-0.05, 0) is 35.9 Å². The van der Waals surface area contributed by atoms with Crippen molar-refractivity contribution < 1.29 is 13.9 Å². The molecule has 0 bridgehead atoms. The van der Waals surface area contributed by atoms with Crippen molar-refractivity contribution in [2.45, 2.75) is 6.54 Å². The molecule has 3 aromatic rings. The number of benzene rings is 2. The van der Waals surface area contributed by atoms with Crippen LogP contribution in [0, 0.1) is 5.82 Å². The van der Waals surface area contributed by atoms with E-state index >= 15 is 0 Å². The first-order chi connectivity index (χ1) is 13.2. The summed E-state index contributed by atoms with van der Waals surface area (Å²) in [5.74, 6) is 0.233. The van der Waals surface area contributed by atoms with Crippen molar-refractivity contribution >= 4 is 11.7 Å². The lowest BCUT2D eigenvalue weighted by Crippen LogP contribution is -2.31. The Bertz CT molecular complexity index is 941. The average molecular weight is 366 g/mol. The Labute approximate surface area is 156 Å². The van der Waals surface area contributed by atoms with Gasteiger partial charge in [-0.1, -0.05) is 12.1 Å². The van der Waals surface area contributed by atoms with E-state index in [2.05, 4.69) is 10.2 Å². The van der Waals surface area contributed by atoms with Gasteiger partial charge >= 0.3 is 6.03 Å². The van der Waals surface area contributed by atoms with Crippen molar-refractivity contribution in [3.63, 3.8) is 0 Å². The number of methoxy groups -OCH3 is 1. The van der Waals surface area contributed by atoms with Crippen LogP contribution >= 0.6 is 0 Å². The first-order valence-electron chi connectivity index (χ1n) is 8.64. The van der Waals surface area contributed by atoms with Gasteiger partial charge in [0, 0.05) is 36.1 Å². The summed E-state index contributed by atoms with van der Waals surface area (Å²) >= 11 is 0. The van der Waals surface area contributed by atoms with Gasteiger partial charge < -0.3 is 9.64 Å². The normalized spacial score (nSPS) is 14.1. The highest BCUT2D eigenvalue weighted by Gasteiger charge is 2.30. The van der Waals surface area contributed by atoms with Crippen LogP contribution < -0.4 is 9.64 Å². The fourth-order valence-electron chi connectivity index (χ4n) is 3.29. The second kappa shape index (κ2) is 7.11. The number of hydrogen-bond acceptors (Lipinski definition) is 3. The van der Waals surface area contributed by atoms with E-state index < -0.39 is 0 Å². The first kappa shape index (κ1) is 17.1. The molecule has 2 heterocycles. The molecule has 1 fully saturated rings. The zero-order valence-corrected chi connectivity index (χ0v) is 14.9. The second-order valence-corrected chi connectivity index (χ2v) is 6.35. The molecule has 6 nitrogen and oxygen atoms in total. The molecule has 0 saturated carbocycles. The topological polar surface area (TPSA) is 61.5 Å². The number of ether oxygens (including phenoxy) is 1. The van der Waals surface area contributed by atoms with Crippen molar-refractivity contribution in [1.82, 2.24) is 15.1 Å². The third kappa shape index (κ3) is 3.36. The van der Waals surface area contributed by atoms with Crippen molar-refractivity contribution in [2.24, 2.45) is 0 Å². The van der Waals surface area contributed by atoms with Crippen LogP contribution in [0.15, 0.2) is 54.9 Å². The Kier molecular flexibility index (Phi) is 4.50. The zero-order chi connectivity index (χ0) is 18.8. The van der Waals surface area contributed by atoms with Gasteiger partial charge in [-0.2, -0.15) is 5.10 Å². The number of nitrogens with one attached hydrogen (secondary N) is 1. The summed E-state index contributed by atoms with van der Waals surface area (Å²) < 4.78 is 18.9. The molecule has 1 aliphatic heterocycles. The molecule has 0 atom stereocenters. The van der Waals surface area contributed by atoms with E-state index in [1.165, 1.54) is 19.2 Å². The van der Waals surface area contributed by atoms with Crippen LogP contribution in [0.25, 0.3) is 11.1 Å². The summed E-state index contributed by atoms with van der Waals surface area (Å²) in [5, 5.41) is 6.74. The average Bonchev–Trinajstić information content (AvgIpc) is 3.33. The fraction of sp³-hybridized carbons (Fsp3) is 0.200. The molecule has 4 rings (SSSR count). The van der Waals surface area contributed by atoms with Crippen LogP contribution in [-0.2, 0) is 6.54 Å². The number of nitrogens with zero attached hydrogens (tertiary/aromatic N) is 3. The maximum absolute atomic E-state index is 13.6.